The van der Waals surface area contributed by atoms with E-state index in [2.05, 4.69) is 23.6 Å². The molecule has 2 N–H and O–H groups in total. The predicted molar refractivity (Wildman–Crippen MR) is 83.8 cm³/mol. The predicted octanol–water partition coefficient (Wildman–Crippen LogP) is 2.37. The first-order valence-corrected chi connectivity index (χ1v) is 8.85. The summed E-state index contributed by atoms with van der Waals surface area (Å²) in [5.74, 6) is 0.566. The molecule has 1 rings (SSSR count). The Labute approximate surface area is 131 Å². The zero-order valence-electron chi connectivity index (χ0n) is 12.6. The van der Waals surface area contributed by atoms with E-state index in [9.17, 15) is 8.42 Å². The highest BCUT2D eigenvalue weighted by Crippen LogP contribution is 2.18. The Balaban J connectivity index is 2.76. The largest absolute Gasteiger partial charge is 0.396 e. The summed E-state index contributed by atoms with van der Waals surface area (Å²) in [4.78, 5) is 3.97. The van der Waals surface area contributed by atoms with Crippen LogP contribution in [-0.2, 0) is 10.0 Å². The van der Waals surface area contributed by atoms with Gasteiger partial charge < -0.3 is 5.11 Å². The van der Waals surface area contributed by atoms with Crippen LogP contribution in [0.25, 0.3) is 0 Å². The summed E-state index contributed by atoms with van der Waals surface area (Å²) in [6, 6.07) is 1.50. The maximum atomic E-state index is 12.2. The summed E-state index contributed by atoms with van der Waals surface area (Å²) in [7, 11) is -3.60. The third-order valence-electron chi connectivity index (χ3n) is 3.20. The maximum Gasteiger partial charge on any atom is 0.242 e. The second-order valence-corrected chi connectivity index (χ2v) is 7.76. The van der Waals surface area contributed by atoms with Gasteiger partial charge in [-0.2, -0.15) is 0 Å². The molecule has 0 fully saturated rings. The maximum absolute atomic E-state index is 12.2. The van der Waals surface area contributed by atoms with Crippen molar-refractivity contribution in [3.05, 3.63) is 23.0 Å². The number of nitrogens with one attached hydrogen (secondary N) is 1. The van der Waals surface area contributed by atoms with Gasteiger partial charge in [-0.05, 0) is 43.2 Å². The summed E-state index contributed by atoms with van der Waals surface area (Å²) in [5, 5.41) is 9.36. The van der Waals surface area contributed by atoms with E-state index in [0.29, 0.717) is 29.6 Å². The minimum absolute atomic E-state index is 0.0563. The molecule has 1 unspecified atom stereocenters. The third kappa shape index (κ3) is 5.90. The van der Waals surface area contributed by atoms with Crippen LogP contribution in [0.4, 0.5) is 0 Å². The number of halogens is 1. The zero-order chi connectivity index (χ0) is 16.0. The average Bonchev–Trinajstić information content (AvgIpc) is 2.39. The van der Waals surface area contributed by atoms with Crippen molar-refractivity contribution in [1.82, 2.24) is 9.71 Å². The molecule has 0 saturated carbocycles. The molecule has 1 heterocycles. The van der Waals surface area contributed by atoms with Gasteiger partial charge in [0.15, 0.2) is 0 Å². The van der Waals surface area contributed by atoms with Crippen molar-refractivity contribution < 1.29 is 13.5 Å². The molecule has 0 aliphatic rings. The van der Waals surface area contributed by atoms with Gasteiger partial charge in [0, 0.05) is 19.3 Å². The lowest BCUT2D eigenvalue weighted by Gasteiger charge is -2.18. The molecule has 0 aliphatic heterocycles. The lowest BCUT2D eigenvalue weighted by Crippen LogP contribution is -2.30. The number of aryl methyl sites for hydroxylation is 1. The summed E-state index contributed by atoms with van der Waals surface area (Å²) in [5.41, 5.74) is 0.619. The molecule has 0 aliphatic carbocycles. The van der Waals surface area contributed by atoms with Gasteiger partial charge in [-0.1, -0.05) is 25.4 Å². The topological polar surface area (TPSA) is 79.3 Å². The van der Waals surface area contributed by atoms with E-state index < -0.39 is 10.0 Å². The number of aromatic nitrogens is 1. The van der Waals surface area contributed by atoms with Gasteiger partial charge in [-0.15, -0.1) is 0 Å². The molecule has 0 radical (unpaired) electrons. The first-order chi connectivity index (χ1) is 9.76. The standard InChI is InChI=1S/C14H23ClN2O3S/c1-10(2)6-12(4-5-18)8-17-21(19,20)13-7-11(3)14(15)16-9-13/h7,9-10,12,17-18H,4-6,8H2,1-3H3. The van der Waals surface area contributed by atoms with Crippen LogP contribution in [0.15, 0.2) is 17.2 Å². The first-order valence-electron chi connectivity index (χ1n) is 6.99. The normalized spacial score (nSPS) is 13.6. The van der Waals surface area contributed by atoms with Gasteiger partial charge in [-0.25, -0.2) is 18.1 Å². The molecular weight excluding hydrogens is 312 g/mol. The van der Waals surface area contributed by atoms with Gasteiger partial charge in [0.2, 0.25) is 10.0 Å². The Morgan fingerprint density at radius 1 is 1.43 bits per heavy atom. The van der Waals surface area contributed by atoms with E-state index in [0.717, 1.165) is 6.42 Å². The lowest BCUT2D eigenvalue weighted by molar-refractivity contribution is 0.243. The van der Waals surface area contributed by atoms with Gasteiger partial charge in [-0.3, -0.25) is 0 Å². The zero-order valence-corrected chi connectivity index (χ0v) is 14.2. The molecule has 21 heavy (non-hydrogen) atoms. The van der Waals surface area contributed by atoms with E-state index in [1.165, 1.54) is 12.3 Å². The van der Waals surface area contributed by atoms with E-state index in [4.69, 9.17) is 16.7 Å². The van der Waals surface area contributed by atoms with E-state index in [-0.39, 0.29) is 17.4 Å². The Morgan fingerprint density at radius 2 is 2.10 bits per heavy atom. The number of pyridine rings is 1. The van der Waals surface area contributed by atoms with Crippen molar-refractivity contribution >= 4 is 21.6 Å². The number of rotatable bonds is 8. The van der Waals surface area contributed by atoms with Crippen LogP contribution in [-0.4, -0.2) is 31.7 Å². The van der Waals surface area contributed by atoms with Crippen molar-refractivity contribution in [1.29, 1.82) is 0 Å². The number of aliphatic hydroxyl groups excluding tert-OH is 1. The van der Waals surface area contributed by atoms with Crippen molar-refractivity contribution in [2.45, 2.75) is 38.5 Å². The van der Waals surface area contributed by atoms with Gasteiger partial charge in [0.05, 0.1) is 0 Å². The van der Waals surface area contributed by atoms with Crippen LogP contribution in [0.1, 0.15) is 32.3 Å². The molecule has 0 bridgehead atoms. The number of aliphatic hydroxyl groups is 1. The molecule has 7 heteroatoms. The molecule has 5 nitrogen and oxygen atoms in total. The smallest absolute Gasteiger partial charge is 0.242 e. The van der Waals surface area contributed by atoms with Gasteiger partial charge in [0.25, 0.3) is 0 Å². The minimum Gasteiger partial charge on any atom is -0.396 e. The van der Waals surface area contributed by atoms with Crippen LogP contribution >= 0.6 is 11.6 Å². The number of nitrogens with zero attached hydrogens (tertiary/aromatic N) is 1. The molecule has 0 saturated heterocycles. The van der Waals surface area contributed by atoms with Gasteiger partial charge in [0.1, 0.15) is 10.0 Å². The highest BCUT2D eigenvalue weighted by atomic mass is 35.5. The van der Waals surface area contributed by atoms with Crippen LogP contribution in [0.5, 0.6) is 0 Å². The fourth-order valence-corrected chi connectivity index (χ4v) is 3.39. The van der Waals surface area contributed by atoms with Crippen molar-refractivity contribution in [2.75, 3.05) is 13.2 Å². The van der Waals surface area contributed by atoms with Crippen molar-refractivity contribution in [3.8, 4) is 0 Å². The van der Waals surface area contributed by atoms with E-state index >= 15 is 0 Å². The summed E-state index contributed by atoms with van der Waals surface area (Å²) < 4.78 is 27.1. The van der Waals surface area contributed by atoms with Crippen molar-refractivity contribution in [2.24, 2.45) is 11.8 Å². The molecule has 1 aromatic rings. The molecular formula is C14H23ClN2O3S. The second-order valence-electron chi connectivity index (χ2n) is 5.64. The quantitative estimate of drug-likeness (QED) is 0.715. The Bertz CT molecular complexity index is 561. The number of hydrogen-bond donors (Lipinski definition) is 2. The third-order valence-corrected chi connectivity index (χ3v) is 4.99. The van der Waals surface area contributed by atoms with E-state index in [1.54, 1.807) is 6.92 Å². The van der Waals surface area contributed by atoms with Crippen LogP contribution < -0.4 is 4.72 Å². The summed E-state index contributed by atoms with van der Waals surface area (Å²) in [6.07, 6.45) is 2.70. The first kappa shape index (κ1) is 18.4. The molecule has 1 atom stereocenters. The Kier molecular flexibility index (Phi) is 7.06. The monoisotopic (exact) mass is 334 g/mol. The van der Waals surface area contributed by atoms with Crippen LogP contribution in [0.3, 0.4) is 0 Å². The number of hydrogen-bond acceptors (Lipinski definition) is 4. The average molecular weight is 335 g/mol. The Hall–Kier alpha value is -0.690. The highest BCUT2D eigenvalue weighted by molar-refractivity contribution is 7.89. The Morgan fingerprint density at radius 3 is 2.62 bits per heavy atom. The fraction of sp³-hybridized carbons (Fsp3) is 0.643. The van der Waals surface area contributed by atoms with Crippen LogP contribution in [0.2, 0.25) is 5.15 Å². The lowest BCUT2D eigenvalue weighted by atomic mass is 9.95. The van der Waals surface area contributed by atoms with Crippen molar-refractivity contribution in [3.63, 3.8) is 0 Å². The molecule has 0 amide bonds. The molecule has 1 aromatic heterocycles. The SMILES string of the molecule is Cc1cc(S(=O)(=O)NCC(CCO)CC(C)C)cnc1Cl. The fourth-order valence-electron chi connectivity index (χ4n) is 2.14. The second kappa shape index (κ2) is 8.08. The summed E-state index contributed by atoms with van der Waals surface area (Å²) in [6.45, 7) is 6.22. The van der Waals surface area contributed by atoms with Gasteiger partial charge >= 0.3 is 0 Å². The highest BCUT2D eigenvalue weighted by Gasteiger charge is 2.18. The minimum atomic E-state index is -3.60. The molecule has 120 valence electrons. The van der Waals surface area contributed by atoms with E-state index in [1.807, 2.05) is 0 Å². The summed E-state index contributed by atoms with van der Waals surface area (Å²) >= 11 is 5.80. The number of sulfonamides is 1. The molecule has 0 spiro atoms. The van der Waals surface area contributed by atoms with Crippen LogP contribution in [0, 0.1) is 18.8 Å². The molecule has 0 aromatic carbocycles.